The number of benzene rings is 1. The summed E-state index contributed by atoms with van der Waals surface area (Å²) in [5.74, 6) is 0.358. The van der Waals surface area contributed by atoms with E-state index in [4.69, 9.17) is 0 Å². The van der Waals surface area contributed by atoms with E-state index in [-0.39, 0.29) is 5.91 Å². The molecule has 2 saturated heterocycles. The Morgan fingerprint density at radius 2 is 1.86 bits per heavy atom. The first kappa shape index (κ1) is 20.0. The quantitative estimate of drug-likeness (QED) is 0.842. The molecule has 2 aliphatic rings. The fraction of sp³-hybridized carbons (Fsp3) is 0.565. The number of hydrogen-bond acceptors (Lipinski definition) is 4. The van der Waals surface area contributed by atoms with Crippen molar-refractivity contribution < 1.29 is 4.79 Å². The molecule has 0 bridgehead atoms. The van der Waals surface area contributed by atoms with Gasteiger partial charge in [-0.25, -0.2) is 0 Å². The minimum absolute atomic E-state index is 0.0270. The fourth-order valence-corrected chi connectivity index (χ4v) is 4.68. The highest BCUT2D eigenvalue weighted by atomic mass is 16.2. The van der Waals surface area contributed by atoms with Crippen molar-refractivity contribution in [1.82, 2.24) is 20.0 Å². The highest BCUT2D eigenvalue weighted by Crippen LogP contribution is 2.29. The van der Waals surface area contributed by atoms with Crippen LogP contribution in [0, 0.1) is 0 Å². The molecule has 1 amide bonds. The van der Waals surface area contributed by atoms with Gasteiger partial charge >= 0.3 is 0 Å². The number of aromatic amines is 1. The van der Waals surface area contributed by atoms with Gasteiger partial charge in [-0.2, -0.15) is 5.10 Å². The predicted octanol–water partition coefficient (Wildman–Crippen LogP) is 3.48. The van der Waals surface area contributed by atoms with E-state index in [0.717, 1.165) is 38.2 Å². The van der Waals surface area contributed by atoms with Gasteiger partial charge in [0.15, 0.2) is 0 Å². The number of aromatic nitrogens is 2. The summed E-state index contributed by atoms with van der Waals surface area (Å²) in [6.07, 6.45) is 7.90. The summed E-state index contributed by atoms with van der Waals surface area (Å²) < 4.78 is 0. The molecule has 6 heteroatoms. The van der Waals surface area contributed by atoms with Gasteiger partial charge in [0, 0.05) is 51.9 Å². The summed E-state index contributed by atoms with van der Waals surface area (Å²) in [4.78, 5) is 19.1. The zero-order chi connectivity index (χ0) is 20.2. The number of likely N-dealkylation sites (tertiary alicyclic amines) is 1. The third-order valence-electron chi connectivity index (χ3n) is 6.28. The number of amides is 1. The molecule has 6 nitrogen and oxygen atoms in total. The number of anilines is 1. The number of carbonyl (C=O) groups is 1. The molecular formula is C23H33N5O. The van der Waals surface area contributed by atoms with Gasteiger partial charge in [0.05, 0.1) is 17.5 Å². The van der Waals surface area contributed by atoms with E-state index in [1.807, 2.05) is 0 Å². The lowest BCUT2D eigenvalue weighted by Gasteiger charge is -2.33. The Balaban J connectivity index is 1.39. The summed E-state index contributed by atoms with van der Waals surface area (Å²) in [7, 11) is 3.58. The minimum atomic E-state index is 0.0270. The fourth-order valence-electron chi connectivity index (χ4n) is 4.68. The molecule has 0 unspecified atom stereocenters. The molecule has 0 aliphatic carbocycles. The Bertz CT molecular complexity index is 807. The maximum Gasteiger partial charge on any atom is 0.256 e. The number of carbonyl (C=O) groups excluding carboxylic acids is 1. The van der Waals surface area contributed by atoms with E-state index in [9.17, 15) is 4.79 Å². The van der Waals surface area contributed by atoms with Crippen molar-refractivity contribution in [2.75, 3.05) is 45.2 Å². The monoisotopic (exact) mass is 395 g/mol. The van der Waals surface area contributed by atoms with Crippen LogP contribution in [0.25, 0.3) is 0 Å². The minimum Gasteiger partial charge on any atom is -0.372 e. The van der Waals surface area contributed by atoms with Crippen LogP contribution in [0.2, 0.25) is 0 Å². The molecule has 156 valence electrons. The molecule has 0 saturated carbocycles. The highest BCUT2D eigenvalue weighted by molar-refractivity contribution is 5.94. The molecule has 1 aromatic carbocycles. The molecule has 1 aromatic heterocycles. The van der Waals surface area contributed by atoms with Crippen molar-refractivity contribution in [2.45, 2.75) is 44.6 Å². The van der Waals surface area contributed by atoms with Crippen LogP contribution in [-0.4, -0.2) is 66.2 Å². The normalized spacial score (nSPS) is 20.6. The average molecular weight is 396 g/mol. The van der Waals surface area contributed by atoms with Crippen LogP contribution in [0.5, 0.6) is 0 Å². The zero-order valence-electron chi connectivity index (χ0n) is 17.7. The lowest BCUT2D eigenvalue weighted by atomic mass is 9.92. The van der Waals surface area contributed by atoms with Crippen LogP contribution in [0.3, 0.4) is 0 Å². The molecule has 2 aromatic rings. The first-order valence-electron chi connectivity index (χ1n) is 10.9. The summed E-state index contributed by atoms with van der Waals surface area (Å²) in [6.45, 7) is 5.40. The predicted molar refractivity (Wildman–Crippen MR) is 116 cm³/mol. The maximum atomic E-state index is 12.5. The van der Waals surface area contributed by atoms with E-state index in [2.05, 4.69) is 44.3 Å². The number of nitrogens with one attached hydrogen (secondary N) is 1. The van der Waals surface area contributed by atoms with Crippen LogP contribution in [0.15, 0.2) is 30.5 Å². The molecule has 2 fully saturated rings. The SMILES string of the molecule is CN(C)C(=O)c1cn[nH]c1[C@@H]1CCCN(Cc2ccc(N3CCCCC3)cc2)C1. The van der Waals surface area contributed by atoms with Gasteiger partial charge in [-0.05, 0) is 56.3 Å². The average Bonchev–Trinajstić information content (AvgIpc) is 3.24. The van der Waals surface area contributed by atoms with Gasteiger partial charge in [0.1, 0.15) is 0 Å². The van der Waals surface area contributed by atoms with Gasteiger partial charge in [-0.3, -0.25) is 14.8 Å². The highest BCUT2D eigenvalue weighted by Gasteiger charge is 2.27. The Morgan fingerprint density at radius 1 is 1.10 bits per heavy atom. The molecular weight excluding hydrogens is 362 g/mol. The van der Waals surface area contributed by atoms with Gasteiger partial charge < -0.3 is 9.80 Å². The van der Waals surface area contributed by atoms with Crippen LogP contribution in [-0.2, 0) is 6.54 Å². The first-order chi connectivity index (χ1) is 14.1. The largest absolute Gasteiger partial charge is 0.372 e. The first-order valence-corrected chi connectivity index (χ1v) is 10.9. The third kappa shape index (κ3) is 4.64. The van der Waals surface area contributed by atoms with E-state index in [0.29, 0.717) is 11.5 Å². The molecule has 0 spiro atoms. The number of piperidine rings is 2. The molecule has 4 rings (SSSR count). The van der Waals surface area contributed by atoms with Crippen LogP contribution >= 0.6 is 0 Å². The summed E-state index contributed by atoms with van der Waals surface area (Å²) >= 11 is 0. The standard InChI is InChI=1S/C23H33N5O/c1-26(2)23(29)21-15-24-25-22(21)19-7-6-12-27(17-19)16-18-8-10-20(11-9-18)28-13-4-3-5-14-28/h8-11,15,19H,3-7,12-14,16-17H2,1-2H3,(H,24,25)/t19-/m1/s1. The van der Waals surface area contributed by atoms with Crippen molar-refractivity contribution in [3.05, 3.63) is 47.3 Å². The molecule has 1 N–H and O–H groups in total. The lowest BCUT2D eigenvalue weighted by molar-refractivity contribution is 0.0825. The van der Waals surface area contributed by atoms with E-state index in [1.54, 1.807) is 25.2 Å². The lowest BCUT2D eigenvalue weighted by Crippen LogP contribution is -2.35. The second kappa shape index (κ2) is 8.99. The molecule has 1 atom stereocenters. The summed E-state index contributed by atoms with van der Waals surface area (Å²) in [5.41, 5.74) is 4.43. The van der Waals surface area contributed by atoms with Crippen molar-refractivity contribution >= 4 is 11.6 Å². The van der Waals surface area contributed by atoms with Crippen LogP contribution in [0.4, 0.5) is 5.69 Å². The van der Waals surface area contributed by atoms with Crippen molar-refractivity contribution in [2.24, 2.45) is 0 Å². The zero-order valence-corrected chi connectivity index (χ0v) is 17.7. The van der Waals surface area contributed by atoms with Gasteiger partial charge in [-0.15, -0.1) is 0 Å². The number of rotatable bonds is 5. The Hall–Kier alpha value is -2.34. The van der Waals surface area contributed by atoms with Crippen LogP contribution in [0.1, 0.15) is 59.6 Å². The van der Waals surface area contributed by atoms with Crippen LogP contribution < -0.4 is 4.90 Å². The van der Waals surface area contributed by atoms with Gasteiger partial charge in [-0.1, -0.05) is 12.1 Å². The number of hydrogen-bond donors (Lipinski definition) is 1. The second-order valence-electron chi connectivity index (χ2n) is 8.69. The smallest absolute Gasteiger partial charge is 0.256 e. The van der Waals surface area contributed by atoms with Crippen molar-refractivity contribution in [3.8, 4) is 0 Å². The van der Waals surface area contributed by atoms with E-state index in [1.165, 1.54) is 43.6 Å². The van der Waals surface area contributed by atoms with E-state index >= 15 is 0 Å². The Kier molecular flexibility index (Phi) is 6.19. The summed E-state index contributed by atoms with van der Waals surface area (Å²) in [5, 5.41) is 7.28. The number of nitrogens with zero attached hydrogens (tertiary/aromatic N) is 4. The molecule has 0 radical (unpaired) electrons. The summed E-state index contributed by atoms with van der Waals surface area (Å²) in [6, 6.07) is 9.13. The molecule has 2 aliphatic heterocycles. The Morgan fingerprint density at radius 3 is 2.59 bits per heavy atom. The van der Waals surface area contributed by atoms with E-state index < -0.39 is 0 Å². The van der Waals surface area contributed by atoms with Gasteiger partial charge in [0.2, 0.25) is 0 Å². The topological polar surface area (TPSA) is 55.5 Å². The third-order valence-corrected chi connectivity index (χ3v) is 6.28. The van der Waals surface area contributed by atoms with Crippen molar-refractivity contribution in [1.29, 1.82) is 0 Å². The van der Waals surface area contributed by atoms with Gasteiger partial charge in [0.25, 0.3) is 5.91 Å². The number of H-pyrrole nitrogens is 1. The molecule has 29 heavy (non-hydrogen) atoms. The Labute approximate surface area is 173 Å². The van der Waals surface area contributed by atoms with Crippen molar-refractivity contribution in [3.63, 3.8) is 0 Å². The second-order valence-corrected chi connectivity index (χ2v) is 8.69. The molecule has 3 heterocycles. The maximum absolute atomic E-state index is 12.5.